The van der Waals surface area contributed by atoms with Gasteiger partial charge in [-0.15, -0.1) is 11.3 Å². The van der Waals surface area contributed by atoms with Crippen molar-refractivity contribution >= 4 is 23.1 Å². The molecule has 1 atom stereocenters. The summed E-state index contributed by atoms with van der Waals surface area (Å²) >= 11 is 1.47. The van der Waals surface area contributed by atoms with Crippen molar-refractivity contribution < 1.29 is 9.53 Å². The van der Waals surface area contributed by atoms with Crippen molar-refractivity contribution in [3.63, 3.8) is 0 Å². The Morgan fingerprint density at radius 2 is 2.08 bits per heavy atom. The molecule has 1 amide bonds. The van der Waals surface area contributed by atoms with Crippen LogP contribution in [-0.2, 0) is 0 Å². The zero-order chi connectivity index (χ0) is 18.1. The van der Waals surface area contributed by atoms with Crippen LogP contribution in [0.15, 0.2) is 18.3 Å². The summed E-state index contributed by atoms with van der Waals surface area (Å²) in [5.41, 5.74) is 0.824. The van der Waals surface area contributed by atoms with Gasteiger partial charge in [-0.05, 0) is 38.8 Å². The van der Waals surface area contributed by atoms with E-state index < -0.39 is 0 Å². The molecule has 4 heterocycles. The topological polar surface area (TPSA) is 58.6 Å². The van der Waals surface area contributed by atoms with E-state index in [9.17, 15) is 4.79 Å². The van der Waals surface area contributed by atoms with Gasteiger partial charge in [0.15, 0.2) is 11.6 Å². The maximum atomic E-state index is 12.8. The van der Waals surface area contributed by atoms with Crippen LogP contribution in [0.1, 0.15) is 39.6 Å². The van der Waals surface area contributed by atoms with E-state index in [1.807, 2.05) is 37.1 Å². The quantitative estimate of drug-likeness (QED) is 0.826. The normalized spacial score (nSPS) is 20.0. The number of aryl methyl sites for hydroxylation is 2. The number of aromatic nitrogens is 2. The summed E-state index contributed by atoms with van der Waals surface area (Å²) in [6, 6.07) is 3.90. The number of hydrogen-bond donors (Lipinski definition) is 0. The SMILES string of the molecule is Cc1nc(C)c(C(=O)N2CC[C@H](Oc3cccnc3N3CCCC3)C2)s1. The molecule has 138 valence electrons. The summed E-state index contributed by atoms with van der Waals surface area (Å²) < 4.78 is 6.26. The molecule has 0 spiro atoms. The Bertz CT molecular complexity index is 801. The molecule has 0 saturated carbocycles. The lowest BCUT2D eigenvalue weighted by atomic mass is 10.3. The number of thiazole rings is 1. The Morgan fingerprint density at radius 1 is 1.27 bits per heavy atom. The molecule has 26 heavy (non-hydrogen) atoms. The molecular formula is C19H24N4O2S. The van der Waals surface area contributed by atoms with Gasteiger partial charge in [-0.25, -0.2) is 9.97 Å². The van der Waals surface area contributed by atoms with E-state index in [4.69, 9.17) is 4.74 Å². The van der Waals surface area contributed by atoms with Crippen LogP contribution in [0.2, 0.25) is 0 Å². The molecule has 0 aliphatic carbocycles. The first-order valence-electron chi connectivity index (χ1n) is 9.22. The molecule has 2 aliphatic heterocycles. The molecule has 0 N–H and O–H groups in total. The van der Waals surface area contributed by atoms with E-state index in [0.29, 0.717) is 6.54 Å². The fourth-order valence-corrected chi connectivity index (χ4v) is 4.59. The van der Waals surface area contributed by atoms with E-state index >= 15 is 0 Å². The third-order valence-corrected chi connectivity index (χ3v) is 6.04. The Balaban J connectivity index is 1.43. The van der Waals surface area contributed by atoms with E-state index in [0.717, 1.165) is 53.2 Å². The van der Waals surface area contributed by atoms with Gasteiger partial charge < -0.3 is 14.5 Å². The molecule has 2 aromatic heterocycles. The standard InChI is InChI=1S/C19H24N4O2S/c1-13-17(26-14(2)21-13)19(24)23-11-7-15(12-23)25-16-6-5-8-20-18(16)22-9-3-4-10-22/h5-6,8,15H,3-4,7,9-12H2,1-2H3/t15-/m0/s1. The maximum absolute atomic E-state index is 12.8. The molecule has 2 fully saturated rings. The van der Waals surface area contributed by atoms with Crippen LogP contribution in [0, 0.1) is 13.8 Å². The predicted octanol–water partition coefficient (Wildman–Crippen LogP) is 3.05. The molecule has 0 bridgehead atoms. The summed E-state index contributed by atoms with van der Waals surface area (Å²) in [4.78, 5) is 26.6. The number of nitrogens with zero attached hydrogens (tertiary/aromatic N) is 4. The lowest BCUT2D eigenvalue weighted by molar-refractivity contribution is 0.0776. The Kier molecular flexibility index (Phi) is 4.80. The van der Waals surface area contributed by atoms with Crippen LogP contribution < -0.4 is 9.64 Å². The lowest BCUT2D eigenvalue weighted by Crippen LogP contribution is -2.31. The summed E-state index contributed by atoms with van der Waals surface area (Å²) in [5.74, 6) is 1.84. The third-order valence-electron chi connectivity index (χ3n) is 4.98. The van der Waals surface area contributed by atoms with Crippen molar-refractivity contribution in [2.75, 3.05) is 31.1 Å². The fraction of sp³-hybridized carbons (Fsp3) is 0.526. The van der Waals surface area contributed by atoms with Crippen molar-refractivity contribution in [2.24, 2.45) is 0 Å². The Labute approximate surface area is 157 Å². The van der Waals surface area contributed by atoms with Gasteiger partial charge in [-0.2, -0.15) is 0 Å². The van der Waals surface area contributed by atoms with Gasteiger partial charge in [0.25, 0.3) is 5.91 Å². The summed E-state index contributed by atoms with van der Waals surface area (Å²) in [7, 11) is 0. The zero-order valence-electron chi connectivity index (χ0n) is 15.3. The third kappa shape index (κ3) is 3.40. The second-order valence-electron chi connectivity index (χ2n) is 6.95. The molecule has 0 unspecified atom stereocenters. The second-order valence-corrected chi connectivity index (χ2v) is 8.15. The average Bonchev–Trinajstić information content (AvgIpc) is 3.36. The van der Waals surface area contributed by atoms with Crippen LogP contribution >= 0.6 is 11.3 Å². The zero-order valence-corrected chi connectivity index (χ0v) is 16.1. The maximum Gasteiger partial charge on any atom is 0.265 e. The molecule has 2 aliphatic rings. The van der Waals surface area contributed by atoms with Crippen molar-refractivity contribution in [2.45, 2.75) is 39.2 Å². The Hall–Kier alpha value is -2.15. The lowest BCUT2D eigenvalue weighted by Gasteiger charge is -2.22. The summed E-state index contributed by atoms with van der Waals surface area (Å²) in [6.07, 6.45) is 5.08. The average molecular weight is 372 g/mol. The molecule has 0 radical (unpaired) electrons. The highest BCUT2D eigenvalue weighted by atomic mass is 32.1. The van der Waals surface area contributed by atoms with E-state index in [2.05, 4.69) is 14.9 Å². The number of anilines is 1. The van der Waals surface area contributed by atoms with Crippen molar-refractivity contribution in [1.82, 2.24) is 14.9 Å². The van der Waals surface area contributed by atoms with E-state index in [-0.39, 0.29) is 12.0 Å². The van der Waals surface area contributed by atoms with Crippen molar-refractivity contribution in [3.05, 3.63) is 33.9 Å². The first-order valence-corrected chi connectivity index (χ1v) is 10.0. The highest BCUT2D eigenvalue weighted by molar-refractivity contribution is 7.13. The van der Waals surface area contributed by atoms with Crippen LogP contribution in [0.25, 0.3) is 0 Å². The minimum atomic E-state index is 0.0128. The van der Waals surface area contributed by atoms with Crippen LogP contribution in [0.5, 0.6) is 5.75 Å². The molecule has 2 aromatic rings. The highest BCUT2D eigenvalue weighted by Crippen LogP contribution is 2.31. The van der Waals surface area contributed by atoms with E-state index in [1.165, 1.54) is 24.2 Å². The number of ether oxygens (including phenoxy) is 1. The minimum Gasteiger partial charge on any atom is -0.485 e. The van der Waals surface area contributed by atoms with Crippen LogP contribution in [0.3, 0.4) is 0 Å². The molecule has 0 aromatic carbocycles. The first-order chi connectivity index (χ1) is 12.6. The number of rotatable bonds is 4. The van der Waals surface area contributed by atoms with Gasteiger partial charge in [0.2, 0.25) is 0 Å². The van der Waals surface area contributed by atoms with Gasteiger partial charge in [0.05, 0.1) is 17.2 Å². The molecule has 6 nitrogen and oxygen atoms in total. The van der Waals surface area contributed by atoms with Gasteiger partial charge in [0, 0.05) is 32.3 Å². The highest BCUT2D eigenvalue weighted by Gasteiger charge is 2.31. The largest absolute Gasteiger partial charge is 0.485 e. The van der Waals surface area contributed by atoms with Crippen molar-refractivity contribution in [1.29, 1.82) is 0 Å². The van der Waals surface area contributed by atoms with Crippen molar-refractivity contribution in [3.8, 4) is 5.75 Å². The molecule has 4 rings (SSSR count). The van der Waals surface area contributed by atoms with Gasteiger partial charge in [-0.3, -0.25) is 4.79 Å². The number of likely N-dealkylation sites (tertiary alicyclic amines) is 1. The molecule has 7 heteroatoms. The first kappa shape index (κ1) is 17.3. The monoisotopic (exact) mass is 372 g/mol. The van der Waals surface area contributed by atoms with E-state index in [1.54, 1.807) is 0 Å². The predicted molar refractivity (Wildman–Crippen MR) is 102 cm³/mol. The minimum absolute atomic E-state index is 0.0128. The van der Waals surface area contributed by atoms with Gasteiger partial charge >= 0.3 is 0 Å². The number of carbonyl (C=O) groups excluding carboxylic acids is 1. The molecule has 2 saturated heterocycles. The van der Waals surface area contributed by atoms with Gasteiger partial charge in [0.1, 0.15) is 11.0 Å². The number of hydrogen-bond acceptors (Lipinski definition) is 6. The van der Waals surface area contributed by atoms with Gasteiger partial charge in [-0.1, -0.05) is 0 Å². The number of carbonyl (C=O) groups is 1. The summed E-state index contributed by atoms with van der Waals surface area (Å²) in [5, 5.41) is 0.934. The number of pyridine rings is 1. The summed E-state index contributed by atoms with van der Waals surface area (Å²) in [6.45, 7) is 7.24. The fourth-order valence-electron chi connectivity index (χ4n) is 3.70. The van der Waals surface area contributed by atoms with Crippen LogP contribution in [-0.4, -0.2) is 53.1 Å². The number of amides is 1. The second kappa shape index (κ2) is 7.23. The van der Waals surface area contributed by atoms with Crippen LogP contribution in [0.4, 0.5) is 5.82 Å². The smallest absolute Gasteiger partial charge is 0.265 e. The Morgan fingerprint density at radius 3 is 2.81 bits per heavy atom. The molecular weight excluding hydrogens is 348 g/mol.